The summed E-state index contributed by atoms with van der Waals surface area (Å²) in [6.45, 7) is 6.41. The number of hydrazine groups is 1. The number of aromatic nitrogens is 2. The summed E-state index contributed by atoms with van der Waals surface area (Å²) in [5, 5.41) is 4.50. The molecule has 0 aliphatic heterocycles. The molecule has 5 nitrogen and oxygen atoms in total. The molecule has 2 aromatic rings. The van der Waals surface area contributed by atoms with Crippen molar-refractivity contribution in [1.82, 2.24) is 9.97 Å². The molecule has 0 aliphatic carbocycles. The van der Waals surface area contributed by atoms with E-state index in [1.807, 2.05) is 0 Å². The van der Waals surface area contributed by atoms with Gasteiger partial charge in [-0.25, -0.2) is 10.8 Å². The van der Waals surface area contributed by atoms with Crippen molar-refractivity contribution >= 4 is 33.3 Å². The third kappa shape index (κ3) is 2.70. The average molecular weight is 265 g/mol. The lowest BCUT2D eigenvalue weighted by molar-refractivity contribution is 0.688. The highest BCUT2D eigenvalue weighted by Gasteiger charge is 2.11. The van der Waals surface area contributed by atoms with Gasteiger partial charge in [0.1, 0.15) is 10.6 Å². The lowest BCUT2D eigenvalue weighted by Gasteiger charge is -2.14. The Hall–Kier alpha value is -1.40. The first-order chi connectivity index (χ1) is 8.63. The number of thiophene rings is 1. The molecule has 0 saturated heterocycles. The molecule has 0 fully saturated rings. The Morgan fingerprint density at radius 3 is 2.89 bits per heavy atom. The lowest BCUT2D eigenvalue weighted by Crippen LogP contribution is -2.17. The van der Waals surface area contributed by atoms with E-state index in [-0.39, 0.29) is 0 Å². The molecule has 2 rings (SSSR count). The Balaban J connectivity index is 2.40. The number of nitrogen functional groups attached to an aromatic ring is 1. The van der Waals surface area contributed by atoms with Crippen LogP contribution in [0, 0.1) is 6.92 Å². The molecule has 0 saturated carbocycles. The topological polar surface area (TPSA) is 75.9 Å². The predicted molar refractivity (Wildman–Crippen MR) is 78.0 cm³/mol. The van der Waals surface area contributed by atoms with Crippen molar-refractivity contribution in [2.24, 2.45) is 5.84 Å². The fraction of sp³-hybridized carbons (Fsp3) is 0.500. The highest BCUT2D eigenvalue weighted by Crippen LogP contribution is 2.29. The van der Waals surface area contributed by atoms with Crippen LogP contribution in [0.2, 0.25) is 0 Å². The van der Waals surface area contributed by atoms with E-state index < -0.39 is 0 Å². The highest BCUT2D eigenvalue weighted by molar-refractivity contribution is 7.18. The number of fused-ring (bicyclic) bond motifs is 1. The van der Waals surface area contributed by atoms with Gasteiger partial charge < -0.3 is 5.32 Å². The summed E-state index contributed by atoms with van der Waals surface area (Å²) in [4.78, 5) is 10.9. The number of hydrogen-bond acceptors (Lipinski definition) is 6. The van der Waals surface area contributed by atoms with E-state index >= 15 is 0 Å². The van der Waals surface area contributed by atoms with Crippen molar-refractivity contribution < 1.29 is 0 Å². The quantitative estimate of drug-likeness (QED) is 0.572. The van der Waals surface area contributed by atoms with Crippen molar-refractivity contribution in [2.75, 3.05) is 10.7 Å². The number of nitrogens with zero attached hydrogens (tertiary/aromatic N) is 2. The Morgan fingerprint density at radius 1 is 1.44 bits per heavy atom. The maximum absolute atomic E-state index is 5.41. The largest absolute Gasteiger partial charge is 0.367 e. The molecular weight excluding hydrogens is 246 g/mol. The summed E-state index contributed by atoms with van der Waals surface area (Å²) in [5.41, 5.74) is 2.52. The van der Waals surface area contributed by atoms with Crippen LogP contribution < -0.4 is 16.6 Å². The zero-order valence-electron chi connectivity index (χ0n) is 10.9. The number of anilines is 2. The number of aryl methyl sites for hydroxylation is 1. The van der Waals surface area contributed by atoms with Crippen LogP contribution in [0.25, 0.3) is 10.2 Å². The molecule has 0 radical (unpaired) electrons. The summed E-state index contributed by atoms with van der Waals surface area (Å²) >= 11 is 1.65. The second kappa shape index (κ2) is 5.49. The molecule has 0 aliphatic rings. The fourth-order valence-corrected chi connectivity index (χ4v) is 2.83. The van der Waals surface area contributed by atoms with E-state index in [0.29, 0.717) is 12.0 Å². The Bertz CT molecular complexity index is 536. The zero-order valence-corrected chi connectivity index (χ0v) is 11.8. The third-order valence-electron chi connectivity index (χ3n) is 2.75. The first-order valence-corrected chi connectivity index (χ1v) is 6.97. The van der Waals surface area contributed by atoms with Gasteiger partial charge >= 0.3 is 0 Å². The minimum Gasteiger partial charge on any atom is -0.367 e. The van der Waals surface area contributed by atoms with E-state index in [1.54, 1.807) is 11.3 Å². The SMILES string of the molecule is CCCC(C)Nc1nc(NN)nc2sc(C)cc12. The molecule has 2 heterocycles. The first kappa shape index (κ1) is 13.0. The van der Waals surface area contributed by atoms with Gasteiger partial charge in [0.05, 0.1) is 5.39 Å². The lowest BCUT2D eigenvalue weighted by atomic mass is 10.2. The molecule has 4 N–H and O–H groups in total. The molecule has 1 atom stereocenters. The third-order valence-corrected chi connectivity index (χ3v) is 3.69. The van der Waals surface area contributed by atoms with Gasteiger partial charge in [0.2, 0.25) is 5.95 Å². The van der Waals surface area contributed by atoms with Crippen molar-refractivity contribution in [2.45, 2.75) is 39.7 Å². The van der Waals surface area contributed by atoms with Crippen molar-refractivity contribution in [3.05, 3.63) is 10.9 Å². The van der Waals surface area contributed by atoms with E-state index in [9.17, 15) is 0 Å². The van der Waals surface area contributed by atoms with E-state index in [4.69, 9.17) is 5.84 Å². The predicted octanol–water partition coefficient (Wildman–Crippen LogP) is 2.89. The molecule has 98 valence electrons. The monoisotopic (exact) mass is 265 g/mol. The number of hydrogen-bond donors (Lipinski definition) is 3. The summed E-state index contributed by atoms with van der Waals surface area (Å²) < 4.78 is 0. The zero-order chi connectivity index (χ0) is 13.1. The van der Waals surface area contributed by atoms with Gasteiger partial charge in [0.15, 0.2) is 0 Å². The minimum absolute atomic E-state index is 0.388. The Labute approximate surface area is 111 Å². The summed E-state index contributed by atoms with van der Waals surface area (Å²) in [6, 6.07) is 2.50. The van der Waals surface area contributed by atoms with E-state index in [1.165, 1.54) is 4.88 Å². The van der Waals surface area contributed by atoms with Gasteiger partial charge in [-0.1, -0.05) is 13.3 Å². The van der Waals surface area contributed by atoms with Crippen LogP contribution in [0.3, 0.4) is 0 Å². The van der Waals surface area contributed by atoms with Crippen LogP contribution in [0.1, 0.15) is 31.6 Å². The van der Waals surface area contributed by atoms with Crippen LogP contribution in [-0.2, 0) is 0 Å². The first-order valence-electron chi connectivity index (χ1n) is 6.15. The second-order valence-electron chi connectivity index (χ2n) is 4.45. The normalized spacial score (nSPS) is 12.7. The van der Waals surface area contributed by atoms with Crippen LogP contribution in [0.15, 0.2) is 6.07 Å². The summed E-state index contributed by atoms with van der Waals surface area (Å²) in [6.07, 6.45) is 2.26. The van der Waals surface area contributed by atoms with Gasteiger partial charge in [-0.3, -0.25) is 5.43 Å². The van der Waals surface area contributed by atoms with E-state index in [0.717, 1.165) is 28.9 Å². The van der Waals surface area contributed by atoms with Crippen molar-refractivity contribution in [1.29, 1.82) is 0 Å². The van der Waals surface area contributed by atoms with Gasteiger partial charge in [-0.15, -0.1) is 11.3 Å². The van der Waals surface area contributed by atoms with Crippen LogP contribution in [0.5, 0.6) is 0 Å². The maximum Gasteiger partial charge on any atom is 0.240 e. The van der Waals surface area contributed by atoms with Crippen molar-refractivity contribution in [3.8, 4) is 0 Å². The molecule has 0 aromatic carbocycles. The molecule has 0 amide bonds. The molecule has 6 heteroatoms. The molecule has 2 aromatic heterocycles. The van der Waals surface area contributed by atoms with E-state index in [2.05, 4.69) is 47.5 Å². The summed E-state index contributed by atoms with van der Waals surface area (Å²) in [5.74, 6) is 6.72. The van der Waals surface area contributed by atoms with Gasteiger partial charge in [0.25, 0.3) is 0 Å². The van der Waals surface area contributed by atoms with Crippen LogP contribution in [-0.4, -0.2) is 16.0 Å². The Morgan fingerprint density at radius 2 is 2.22 bits per heavy atom. The molecular formula is C12H19N5S. The molecule has 1 unspecified atom stereocenters. The number of nitrogens with one attached hydrogen (secondary N) is 2. The minimum atomic E-state index is 0.388. The number of rotatable bonds is 5. The van der Waals surface area contributed by atoms with Crippen molar-refractivity contribution in [3.63, 3.8) is 0 Å². The fourth-order valence-electron chi connectivity index (χ4n) is 1.96. The second-order valence-corrected chi connectivity index (χ2v) is 5.68. The average Bonchev–Trinajstić information content (AvgIpc) is 2.69. The van der Waals surface area contributed by atoms with Gasteiger partial charge in [0, 0.05) is 10.9 Å². The molecule has 18 heavy (non-hydrogen) atoms. The maximum atomic E-state index is 5.41. The van der Waals surface area contributed by atoms with Gasteiger partial charge in [-0.05, 0) is 26.3 Å². The standard InChI is InChI=1S/C12H19N5S/c1-4-5-7(2)14-10-9-6-8(3)18-11(9)16-12(15-10)17-13/h6-7H,4-5,13H2,1-3H3,(H2,14,15,16,17). The van der Waals surface area contributed by atoms with Crippen LogP contribution >= 0.6 is 11.3 Å². The highest BCUT2D eigenvalue weighted by atomic mass is 32.1. The number of nitrogens with two attached hydrogens (primary N) is 1. The van der Waals surface area contributed by atoms with Crippen LogP contribution in [0.4, 0.5) is 11.8 Å². The van der Waals surface area contributed by atoms with Gasteiger partial charge in [-0.2, -0.15) is 4.98 Å². The molecule has 0 spiro atoms. The smallest absolute Gasteiger partial charge is 0.240 e. The Kier molecular flexibility index (Phi) is 3.98. The summed E-state index contributed by atoms with van der Waals surface area (Å²) in [7, 11) is 0. The molecule has 0 bridgehead atoms.